The maximum absolute atomic E-state index is 14.5. The number of allylic oxidation sites excluding steroid dienone is 1. The van der Waals surface area contributed by atoms with E-state index in [1.807, 2.05) is 30.5 Å². The molecule has 0 saturated carbocycles. The number of ether oxygens (including phenoxy) is 5. The van der Waals surface area contributed by atoms with Crippen LogP contribution in [0.15, 0.2) is 59.9 Å². The van der Waals surface area contributed by atoms with Crippen molar-refractivity contribution >= 4 is 51.9 Å². The van der Waals surface area contributed by atoms with Crippen molar-refractivity contribution in [3.8, 4) is 28.7 Å². The smallest absolute Gasteiger partial charge is 0.231 e. The predicted molar refractivity (Wildman–Crippen MR) is 191 cm³/mol. The molecule has 3 heterocycles. The van der Waals surface area contributed by atoms with Gasteiger partial charge in [-0.15, -0.1) is 0 Å². The monoisotopic (exact) mass is 733 g/mol. The number of thioether (sulfide) groups is 1. The molecule has 2 aliphatic heterocycles. The van der Waals surface area contributed by atoms with Gasteiger partial charge in [0.05, 0.1) is 31.3 Å². The van der Waals surface area contributed by atoms with Gasteiger partial charge in [0.2, 0.25) is 24.1 Å². The first-order chi connectivity index (χ1) is 24.6. The number of ketones is 2. The van der Waals surface area contributed by atoms with Crippen molar-refractivity contribution in [1.29, 1.82) is 0 Å². The van der Waals surface area contributed by atoms with Crippen molar-refractivity contribution < 1.29 is 43.2 Å². The summed E-state index contributed by atoms with van der Waals surface area (Å²) in [5.74, 6) is -1.27. The molecule has 51 heavy (non-hydrogen) atoms. The van der Waals surface area contributed by atoms with Crippen molar-refractivity contribution in [3.63, 3.8) is 0 Å². The Morgan fingerprint density at radius 3 is 2.65 bits per heavy atom. The summed E-state index contributed by atoms with van der Waals surface area (Å²) in [6.45, 7) is 1.66. The third-order valence-corrected chi connectivity index (χ3v) is 10.7. The fourth-order valence-electron chi connectivity index (χ4n) is 7.14. The third-order valence-electron chi connectivity index (χ3n) is 9.73. The lowest BCUT2D eigenvalue weighted by Crippen LogP contribution is -2.53. The second-order valence-electron chi connectivity index (χ2n) is 12.7. The molecule has 14 heteroatoms. The van der Waals surface area contributed by atoms with Crippen molar-refractivity contribution in [2.75, 3.05) is 33.0 Å². The van der Waals surface area contributed by atoms with Gasteiger partial charge in [0.1, 0.15) is 27.9 Å². The molecule has 12 nitrogen and oxygen atoms in total. The number of halogens is 1. The maximum Gasteiger partial charge on any atom is 0.231 e. The number of H-pyrrole nitrogens is 1. The van der Waals surface area contributed by atoms with Gasteiger partial charge in [-0.2, -0.15) is 11.8 Å². The van der Waals surface area contributed by atoms with Gasteiger partial charge in [0.15, 0.2) is 28.8 Å². The highest BCUT2D eigenvalue weighted by atomic mass is 35.5. The molecule has 0 radical (unpaired) electrons. The minimum absolute atomic E-state index is 0.0126. The van der Waals surface area contributed by atoms with Crippen LogP contribution in [0, 0.1) is 5.92 Å². The molecule has 1 aromatic heterocycles. The minimum Gasteiger partial charge on any atom is -0.507 e. The highest BCUT2D eigenvalue weighted by Crippen LogP contribution is 2.56. The molecule has 1 aliphatic carbocycles. The number of nitrogens with one attached hydrogen (secondary N) is 2. The lowest BCUT2D eigenvalue weighted by atomic mass is 9.69. The molecule has 7 rings (SSSR count). The first-order valence-corrected chi connectivity index (χ1v) is 18.2. The zero-order chi connectivity index (χ0) is 36.0. The number of fused-ring (bicyclic) bond motifs is 3. The van der Waals surface area contributed by atoms with Gasteiger partial charge in [-0.05, 0) is 48.3 Å². The number of aromatic nitrogens is 2. The summed E-state index contributed by atoms with van der Waals surface area (Å²) >= 11 is 8.28. The van der Waals surface area contributed by atoms with Gasteiger partial charge in [0, 0.05) is 36.3 Å². The van der Waals surface area contributed by atoms with Crippen LogP contribution in [0.5, 0.6) is 28.7 Å². The number of carbonyl (C=O) groups is 3. The summed E-state index contributed by atoms with van der Waals surface area (Å²) in [6.07, 6.45) is 2.15. The zero-order valence-electron chi connectivity index (χ0n) is 28.3. The number of aliphatic hydroxyl groups excluding tert-OH is 1. The van der Waals surface area contributed by atoms with Crippen molar-refractivity contribution in [3.05, 3.63) is 81.8 Å². The highest BCUT2D eigenvalue weighted by Gasteiger charge is 2.61. The Bertz CT molecular complexity index is 2070. The van der Waals surface area contributed by atoms with Crippen LogP contribution in [-0.4, -0.2) is 71.2 Å². The van der Waals surface area contributed by atoms with Gasteiger partial charge in [-0.1, -0.05) is 36.7 Å². The maximum atomic E-state index is 14.5. The number of rotatable bonds is 11. The number of para-hydroxylation sites is 2. The number of aromatic amines is 1. The lowest BCUT2D eigenvalue weighted by molar-refractivity contribution is -0.122. The quantitative estimate of drug-likeness (QED) is 0.155. The second kappa shape index (κ2) is 13.7. The van der Waals surface area contributed by atoms with E-state index in [2.05, 4.69) is 10.3 Å². The number of methoxy groups -OCH3 is 2. The van der Waals surface area contributed by atoms with Crippen LogP contribution >= 0.6 is 23.4 Å². The molecule has 3 aromatic carbocycles. The molecule has 0 saturated heterocycles. The number of aliphatic hydroxyl groups is 1. The zero-order valence-corrected chi connectivity index (χ0v) is 29.9. The van der Waals surface area contributed by atoms with E-state index in [9.17, 15) is 19.5 Å². The summed E-state index contributed by atoms with van der Waals surface area (Å²) < 4.78 is 28.4. The Morgan fingerprint density at radius 1 is 1.14 bits per heavy atom. The summed E-state index contributed by atoms with van der Waals surface area (Å²) in [7, 11) is 2.81. The van der Waals surface area contributed by atoms with E-state index in [0.29, 0.717) is 29.3 Å². The summed E-state index contributed by atoms with van der Waals surface area (Å²) in [4.78, 5) is 50.7. The minimum atomic E-state index is -2.02. The second-order valence-corrected chi connectivity index (χ2v) is 14.0. The molecule has 3 aliphatic rings. The molecule has 4 atom stereocenters. The standard InChI is InChI=1S/C37H36ClN3O9S/c1-18-13-24(42)30(34(44)37(18)35(45)31-27(46-2)16-28(47-3)32(38)33(31)50-37)20(19-9-10-25-26(14-19)49-17-48-25)15-29(43)39-23(11-12-51-4)36-40-21-7-5-6-8-22(21)41-36/h5-10,14,16,18,20,23,44H,11-13,15,17H2,1-4H3,(H,39,43)(H,40,41)/t18-,20?,23+,37+/m1/s1. The SMILES string of the molecule is COc1cc(OC)c2c(c1Cl)O[C@]1(C2=O)C(O)=C(C(CC(=O)N[C@@H](CCSC)c2nc3ccccc3[nH]2)c2ccc3c(c2)OCO3)C(=O)C[C@H]1C. The number of carbonyl (C=O) groups excluding carboxylic acids is 3. The Kier molecular flexibility index (Phi) is 9.27. The van der Waals surface area contributed by atoms with E-state index in [0.717, 1.165) is 16.8 Å². The molecule has 0 bridgehead atoms. The molecular weight excluding hydrogens is 698 g/mol. The summed E-state index contributed by atoms with van der Waals surface area (Å²) in [6, 6.07) is 13.7. The lowest BCUT2D eigenvalue weighted by Gasteiger charge is -2.38. The molecule has 1 spiro atoms. The summed E-state index contributed by atoms with van der Waals surface area (Å²) in [5.41, 5.74) is -0.000572. The molecule has 1 unspecified atom stereocenters. The number of benzene rings is 3. The molecule has 266 valence electrons. The number of Topliss-reactive ketones (excluding diaryl/α,β-unsaturated/α-hetero) is 2. The molecule has 0 fully saturated rings. The fraction of sp³-hybridized carbons (Fsp3) is 0.351. The van der Waals surface area contributed by atoms with Crippen LogP contribution in [0.2, 0.25) is 5.02 Å². The van der Waals surface area contributed by atoms with Gasteiger partial charge in [-0.25, -0.2) is 4.98 Å². The van der Waals surface area contributed by atoms with Crippen LogP contribution in [0.3, 0.4) is 0 Å². The Balaban J connectivity index is 1.31. The number of hydrogen-bond donors (Lipinski definition) is 3. The van der Waals surface area contributed by atoms with Gasteiger partial charge in [-0.3, -0.25) is 14.4 Å². The van der Waals surface area contributed by atoms with Crippen LogP contribution in [0.1, 0.15) is 59.9 Å². The van der Waals surface area contributed by atoms with Gasteiger partial charge >= 0.3 is 0 Å². The number of amides is 1. The van der Waals surface area contributed by atoms with Crippen molar-refractivity contribution in [2.24, 2.45) is 5.92 Å². The Labute approximate surface area is 302 Å². The van der Waals surface area contributed by atoms with E-state index in [1.54, 1.807) is 36.9 Å². The number of imidazole rings is 1. The van der Waals surface area contributed by atoms with E-state index >= 15 is 0 Å². The predicted octanol–water partition coefficient (Wildman–Crippen LogP) is 6.48. The van der Waals surface area contributed by atoms with Crippen LogP contribution in [0.25, 0.3) is 11.0 Å². The first-order valence-electron chi connectivity index (χ1n) is 16.4. The van der Waals surface area contributed by atoms with Crippen molar-refractivity contribution in [1.82, 2.24) is 15.3 Å². The average Bonchev–Trinajstić information content (AvgIpc) is 3.85. The molecule has 1 amide bonds. The third kappa shape index (κ3) is 5.81. The van der Waals surface area contributed by atoms with E-state index < -0.39 is 46.7 Å². The average molecular weight is 734 g/mol. The molecule has 4 aromatic rings. The summed E-state index contributed by atoms with van der Waals surface area (Å²) in [5, 5.41) is 15.4. The van der Waals surface area contributed by atoms with E-state index in [4.69, 9.17) is 40.3 Å². The highest BCUT2D eigenvalue weighted by molar-refractivity contribution is 7.98. The molecule has 3 N–H and O–H groups in total. The van der Waals surface area contributed by atoms with Crippen molar-refractivity contribution in [2.45, 2.75) is 43.7 Å². The largest absolute Gasteiger partial charge is 0.507 e. The van der Waals surface area contributed by atoms with Crippen LogP contribution in [0.4, 0.5) is 0 Å². The first kappa shape index (κ1) is 34.6. The van der Waals surface area contributed by atoms with E-state index in [-0.39, 0.29) is 53.0 Å². The number of nitrogens with zero attached hydrogens (tertiary/aromatic N) is 1. The fourth-order valence-corrected chi connectivity index (χ4v) is 7.88. The Morgan fingerprint density at radius 2 is 1.90 bits per heavy atom. The van der Waals surface area contributed by atoms with Crippen LogP contribution < -0.4 is 29.0 Å². The van der Waals surface area contributed by atoms with Gasteiger partial charge in [0.25, 0.3) is 0 Å². The normalized spacial score (nSPS) is 20.4. The number of hydrogen-bond acceptors (Lipinski definition) is 11. The topological polar surface area (TPSA) is 158 Å². The van der Waals surface area contributed by atoms with Gasteiger partial charge < -0.3 is 39.1 Å². The Hall–Kier alpha value is -4.88. The molecular formula is C37H36ClN3O9S. The van der Waals surface area contributed by atoms with E-state index in [1.165, 1.54) is 20.3 Å². The van der Waals surface area contributed by atoms with Crippen LogP contribution in [-0.2, 0) is 9.59 Å².